The van der Waals surface area contributed by atoms with Gasteiger partial charge in [0, 0.05) is 28.7 Å². The van der Waals surface area contributed by atoms with E-state index in [0.29, 0.717) is 23.8 Å². The molecule has 49 heavy (non-hydrogen) atoms. The lowest BCUT2D eigenvalue weighted by molar-refractivity contribution is -0.170. The highest BCUT2D eigenvalue weighted by atomic mass is 32.2. The van der Waals surface area contributed by atoms with Crippen molar-refractivity contribution < 1.29 is 43.2 Å². The zero-order chi connectivity index (χ0) is 35.8. The lowest BCUT2D eigenvalue weighted by Crippen LogP contribution is -2.44. The number of carbonyl (C=O) groups is 3. The van der Waals surface area contributed by atoms with Gasteiger partial charge in [-0.2, -0.15) is 0 Å². The summed E-state index contributed by atoms with van der Waals surface area (Å²) in [5.41, 5.74) is 2.34. The van der Waals surface area contributed by atoms with Crippen molar-refractivity contribution in [1.29, 1.82) is 0 Å². The van der Waals surface area contributed by atoms with Crippen LogP contribution >= 0.6 is 0 Å². The van der Waals surface area contributed by atoms with E-state index in [9.17, 15) is 22.8 Å². The fourth-order valence-electron chi connectivity index (χ4n) is 6.67. The average Bonchev–Trinajstić information content (AvgIpc) is 3.43. The van der Waals surface area contributed by atoms with Gasteiger partial charge in [0.15, 0.2) is 5.60 Å². The minimum absolute atomic E-state index is 0.0508. The van der Waals surface area contributed by atoms with Gasteiger partial charge in [-0.1, -0.05) is 66.7 Å². The molecular formula is C36H43N3O9S. The minimum atomic E-state index is -3.53. The van der Waals surface area contributed by atoms with Gasteiger partial charge >= 0.3 is 17.9 Å². The smallest absolute Gasteiger partial charge is 0.336 e. The van der Waals surface area contributed by atoms with Crippen LogP contribution in [-0.4, -0.2) is 82.9 Å². The first kappa shape index (κ1) is 37.3. The first-order valence-electron chi connectivity index (χ1n) is 15.9. The summed E-state index contributed by atoms with van der Waals surface area (Å²) in [6.45, 7) is 0.366. The summed E-state index contributed by atoms with van der Waals surface area (Å²) in [4.78, 5) is 36.9. The Hall–Kier alpha value is -4.56. The standard InChI is InChI=1S/C30H35N3O2S.C6H8O7/c1-33(2)30(24-11-5-3-6-12-24)20-17-23(18-21-30)29-27(26-15-9-10-16-28(26)32-29)19-22-31-36(34,35)25-13-7-4-8-14-25;7-3(8)1-6(13,5(11)12)2-4(9)10/h3-16,23,31-32H,17-22H2,1-2H3;13H,1-2H2,(H,7,8)(H,9,10)(H,11,12). The summed E-state index contributed by atoms with van der Waals surface area (Å²) < 4.78 is 28.3. The van der Waals surface area contributed by atoms with E-state index >= 15 is 0 Å². The lowest BCUT2D eigenvalue weighted by atomic mass is 9.70. The number of aromatic amines is 1. The fraction of sp³-hybridized carbons (Fsp3) is 0.361. The van der Waals surface area contributed by atoms with Crippen molar-refractivity contribution in [3.8, 4) is 0 Å². The van der Waals surface area contributed by atoms with Crippen molar-refractivity contribution in [3.63, 3.8) is 0 Å². The molecule has 1 saturated carbocycles. The maximum absolute atomic E-state index is 12.8. The number of aliphatic carboxylic acids is 3. The molecular weight excluding hydrogens is 650 g/mol. The molecule has 0 amide bonds. The molecule has 0 spiro atoms. The molecule has 0 saturated heterocycles. The third-order valence-corrected chi connectivity index (χ3v) is 10.7. The molecule has 3 aromatic carbocycles. The zero-order valence-corrected chi connectivity index (χ0v) is 28.3. The predicted octanol–water partition coefficient (Wildman–Crippen LogP) is 4.56. The molecule has 0 unspecified atom stereocenters. The average molecular weight is 694 g/mol. The summed E-state index contributed by atoms with van der Waals surface area (Å²) in [5, 5.41) is 35.0. The van der Waals surface area contributed by atoms with Gasteiger partial charge in [-0.3, -0.25) is 14.5 Å². The largest absolute Gasteiger partial charge is 0.481 e. The van der Waals surface area contributed by atoms with Crippen molar-refractivity contribution >= 4 is 38.8 Å². The predicted molar refractivity (Wildman–Crippen MR) is 184 cm³/mol. The number of benzene rings is 3. The number of para-hydroxylation sites is 1. The third kappa shape index (κ3) is 8.92. The Morgan fingerprint density at radius 3 is 1.92 bits per heavy atom. The molecule has 13 heteroatoms. The Morgan fingerprint density at radius 2 is 1.39 bits per heavy atom. The van der Waals surface area contributed by atoms with Crippen LogP contribution in [-0.2, 0) is 36.4 Å². The number of hydrogen-bond donors (Lipinski definition) is 6. The summed E-state index contributed by atoms with van der Waals surface area (Å²) in [5.74, 6) is -4.59. The maximum atomic E-state index is 12.8. The first-order chi connectivity index (χ1) is 23.2. The van der Waals surface area contributed by atoms with E-state index in [1.54, 1.807) is 24.3 Å². The number of aliphatic hydroxyl groups is 1. The summed E-state index contributed by atoms with van der Waals surface area (Å²) in [6, 6.07) is 27.8. The molecule has 0 atom stereocenters. The van der Waals surface area contributed by atoms with Gasteiger partial charge in [0.25, 0.3) is 0 Å². The number of aromatic nitrogens is 1. The Kier molecular flexibility index (Phi) is 12.0. The van der Waals surface area contributed by atoms with Crippen molar-refractivity contribution in [2.75, 3.05) is 20.6 Å². The molecule has 0 radical (unpaired) electrons. The topological polar surface area (TPSA) is 197 Å². The monoisotopic (exact) mass is 693 g/mol. The number of carboxylic acid groups (broad SMARTS) is 3. The van der Waals surface area contributed by atoms with E-state index in [1.807, 2.05) is 6.07 Å². The normalized spacial score (nSPS) is 18.1. The molecule has 4 aromatic rings. The fourth-order valence-corrected chi connectivity index (χ4v) is 7.73. The van der Waals surface area contributed by atoms with E-state index in [1.165, 1.54) is 22.2 Å². The van der Waals surface area contributed by atoms with Crippen LogP contribution in [0.1, 0.15) is 61.3 Å². The molecule has 12 nitrogen and oxygen atoms in total. The number of carboxylic acids is 3. The third-order valence-electron chi connectivity index (χ3n) is 9.24. The Bertz CT molecular complexity index is 1830. The van der Waals surface area contributed by atoms with Crippen LogP contribution in [0.25, 0.3) is 10.9 Å². The number of rotatable bonds is 13. The molecule has 1 heterocycles. The maximum Gasteiger partial charge on any atom is 0.336 e. The van der Waals surface area contributed by atoms with Crippen LogP contribution in [0.5, 0.6) is 0 Å². The van der Waals surface area contributed by atoms with Crippen molar-refractivity contribution in [2.24, 2.45) is 0 Å². The van der Waals surface area contributed by atoms with E-state index < -0.39 is 46.4 Å². The molecule has 0 aliphatic heterocycles. The molecule has 1 fully saturated rings. The van der Waals surface area contributed by atoms with Crippen molar-refractivity contribution in [2.45, 2.75) is 66.9 Å². The summed E-state index contributed by atoms with van der Waals surface area (Å²) in [6.07, 6.45) is 2.71. The first-order valence-corrected chi connectivity index (χ1v) is 17.4. The van der Waals surface area contributed by atoms with Crippen molar-refractivity contribution in [1.82, 2.24) is 14.6 Å². The van der Waals surface area contributed by atoms with Crippen molar-refractivity contribution in [3.05, 3.63) is 102 Å². The van der Waals surface area contributed by atoms with Gasteiger partial charge in [-0.15, -0.1) is 0 Å². The van der Waals surface area contributed by atoms with Crippen LogP contribution in [0.2, 0.25) is 0 Å². The second-order valence-corrected chi connectivity index (χ2v) is 14.3. The van der Waals surface area contributed by atoms with Crippen LogP contribution in [0, 0.1) is 0 Å². The number of sulfonamides is 1. The Morgan fingerprint density at radius 1 is 0.857 bits per heavy atom. The number of fused-ring (bicyclic) bond motifs is 1. The molecule has 1 aliphatic carbocycles. The van der Waals surface area contributed by atoms with Crippen LogP contribution in [0.3, 0.4) is 0 Å². The highest BCUT2D eigenvalue weighted by Gasteiger charge is 2.41. The highest BCUT2D eigenvalue weighted by Crippen LogP contribution is 2.47. The molecule has 1 aromatic heterocycles. The van der Waals surface area contributed by atoms with E-state index in [-0.39, 0.29) is 5.54 Å². The molecule has 1 aliphatic rings. The number of nitrogens with zero attached hydrogens (tertiary/aromatic N) is 1. The van der Waals surface area contributed by atoms with Gasteiger partial charge in [0.1, 0.15) is 0 Å². The quantitative estimate of drug-likeness (QED) is 0.116. The summed E-state index contributed by atoms with van der Waals surface area (Å²) >= 11 is 0. The minimum Gasteiger partial charge on any atom is -0.481 e. The van der Waals surface area contributed by atoms with Gasteiger partial charge in [0.2, 0.25) is 10.0 Å². The zero-order valence-electron chi connectivity index (χ0n) is 27.5. The van der Waals surface area contributed by atoms with Crippen LogP contribution in [0.15, 0.2) is 89.8 Å². The molecule has 6 N–H and O–H groups in total. The Balaban J connectivity index is 0.000000355. The van der Waals surface area contributed by atoms with E-state index in [2.05, 4.69) is 83.3 Å². The van der Waals surface area contributed by atoms with Gasteiger partial charge in [-0.25, -0.2) is 17.9 Å². The number of hydrogen-bond acceptors (Lipinski definition) is 7. The second-order valence-electron chi connectivity index (χ2n) is 12.6. The SMILES string of the molecule is CN(C)C1(c2ccccc2)CCC(c2[nH]c3ccccc3c2CCNS(=O)(=O)c2ccccc2)CC1.O=C(O)CC(O)(CC(=O)O)C(=O)O. The summed E-state index contributed by atoms with van der Waals surface area (Å²) in [7, 11) is 0.864. The highest BCUT2D eigenvalue weighted by molar-refractivity contribution is 7.89. The lowest BCUT2D eigenvalue weighted by Gasteiger charge is -2.45. The van der Waals surface area contributed by atoms with E-state index in [0.717, 1.165) is 31.2 Å². The van der Waals surface area contributed by atoms with E-state index in [4.69, 9.17) is 20.4 Å². The van der Waals surface area contributed by atoms with Gasteiger partial charge in [0.05, 0.1) is 17.7 Å². The van der Waals surface area contributed by atoms with Gasteiger partial charge in [-0.05, 0) is 81.4 Å². The number of H-pyrrole nitrogens is 1. The Labute approximate surface area is 285 Å². The second kappa shape index (κ2) is 15.8. The number of nitrogens with one attached hydrogen (secondary N) is 2. The molecule has 5 rings (SSSR count). The van der Waals surface area contributed by atoms with Crippen LogP contribution in [0.4, 0.5) is 0 Å². The molecule has 262 valence electrons. The molecule has 0 bridgehead atoms. The van der Waals surface area contributed by atoms with Gasteiger partial charge < -0.3 is 25.4 Å². The van der Waals surface area contributed by atoms with Crippen LogP contribution < -0.4 is 4.72 Å².